The molecule has 0 aliphatic rings. The Hall–Kier alpha value is -3.47. The zero-order valence-corrected chi connectivity index (χ0v) is 14.5. The van der Waals surface area contributed by atoms with Crippen LogP contribution in [-0.2, 0) is 4.74 Å². The van der Waals surface area contributed by atoms with Crippen molar-refractivity contribution < 1.29 is 14.3 Å². The van der Waals surface area contributed by atoms with E-state index in [-0.39, 0.29) is 0 Å². The Labute approximate surface area is 152 Å². The number of ether oxygens (including phenoxy) is 2. The van der Waals surface area contributed by atoms with Crippen molar-refractivity contribution in [3.8, 4) is 5.88 Å². The molecule has 1 heterocycles. The van der Waals surface area contributed by atoms with E-state index in [4.69, 9.17) is 14.5 Å². The molecule has 26 heavy (non-hydrogen) atoms. The Morgan fingerprint density at radius 3 is 1.92 bits per heavy atom. The number of rotatable bonds is 5. The Bertz CT molecular complexity index is 881. The number of methoxy groups -OCH3 is 2. The van der Waals surface area contributed by atoms with E-state index >= 15 is 0 Å². The summed E-state index contributed by atoms with van der Waals surface area (Å²) in [6.07, 6.45) is 0. The van der Waals surface area contributed by atoms with Crippen LogP contribution in [0.2, 0.25) is 0 Å². The molecule has 0 bridgehead atoms. The van der Waals surface area contributed by atoms with Crippen molar-refractivity contribution in [2.45, 2.75) is 0 Å². The average molecular weight is 346 g/mol. The SMILES string of the molecule is COC(=O)c1cc(N=C(c2ccccc2)c2ccccc2)nc(OC)c1. The summed E-state index contributed by atoms with van der Waals surface area (Å²) < 4.78 is 9.99. The molecule has 3 aromatic rings. The summed E-state index contributed by atoms with van der Waals surface area (Å²) >= 11 is 0. The van der Waals surface area contributed by atoms with Crippen LogP contribution >= 0.6 is 0 Å². The van der Waals surface area contributed by atoms with Crippen molar-refractivity contribution in [3.63, 3.8) is 0 Å². The molecule has 3 rings (SSSR count). The number of nitrogens with zero attached hydrogens (tertiary/aromatic N) is 2. The van der Waals surface area contributed by atoms with Gasteiger partial charge in [-0.3, -0.25) is 0 Å². The first-order valence-corrected chi connectivity index (χ1v) is 8.05. The van der Waals surface area contributed by atoms with Crippen LogP contribution in [0.3, 0.4) is 0 Å². The van der Waals surface area contributed by atoms with E-state index < -0.39 is 5.97 Å². The largest absolute Gasteiger partial charge is 0.481 e. The third-order valence-electron chi connectivity index (χ3n) is 3.74. The first-order valence-electron chi connectivity index (χ1n) is 8.05. The highest BCUT2D eigenvalue weighted by Gasteiger charge is 2.12. The van der Waals surface area contributed by atoms with Crippen molar-refractivity contribution >= 4 is 17.5 Å². The van der Waals surface area contributed by atoms with Crippen LogP contribution in [-0.4, -0.2) is 30.9 Å². The monoisotopic (exact) mass is 346 g/mol. The second-order valence-corrected chi connectivity index (χ2v) is 5.44. The van der Waals surface area contributed by atoms with Gasteiger partial charge < -0.3 is 9.47 Å². The summed E-state index contributed by atoms with van der Waals surface area (Å²) in [5, 5.41) is 0. The lowest BCUT2D eigenvalue weighted by atomic mass is 10.0. The summed E-state index contributed by atoms with van der Waals surface area (Å²) in [5.41, 5.74) is 2.98. The summed E-state index contributed by atoms with van der Waals surface area (Å²) in [7, 11) is 2.82. The van der Waals surface area contributed by atoms with Crippen LogP contribution < -0.4 is 4.74 Å². The van der Waals surface area contributed by atoms with Crippen molar-refractivity contribution in [2.75, 3.05) is 14.2 Å². The van der Waals surface area contributed by atoms with E-state index in [1.807, 2.05) is 60.7 Å². The zero-order chi connectivity index (χ0) is 18.4. The molecule has 0 amide bonds. The zero-order valence-electron chi connectivity index (χ0n) is 14.5. The number of aliphatic imine (C=N–C) groups is 1. The van der Waals surface area contributed by atoms with Gasteiger partial charge in [0.15, 0.2) is 5.82 Å². The average Bonchev–Trinajstić information content (AvgIpc) is 2.72. The molecule has 0 spiro atoms. The fraction of sp³-hybridized carbons (Fsp3) is 0.0952. The lowest BCUT2D eigenvalue weighted by molar-refractivity contribution is 0.0600. The highest BCUT2D eigenvalue weighted by atomic mass is 16.5. The Balaban J connectivity index is 2.15. The van der Waals surface area contributed by atoms with E-state index in [1.54, 1.807) is 6.07 Å². The summed E-state index contributed by atoms with van der Waals surface area (Å²) in [6.45, 7) is 0. The van der Waals surface area contributed by atoms with Crippen LogP contribution in [0.4, 0.5) is 5.82 Å². The molecular weight excluding hydrogens is 328 g/mol. The molecule has 5 heteroatoms. The van der Waals surface area contributed by atoms with Gasteiger partial charge in [-0.2, -0.15) is 4.98 Å². The second kappa shape index (κ2) is 8.07. The highest BCUT2D eigenvalue weighted by molar-refractivity contribution is 6.13. The standard InChI is InChI=1S/C21H18N2O3/c1-25-19-14-17(21(24)26-2)13-18(22-19)23-20(15-9-5-3-6-10-15)16-11-7-4-8-12-16/h3-14H,1-2H3. The predicted octanol–water partition coefficient (Wildman–Crippen LogP) is 4.05. The number of carbonyl (C=O) groups excluding carboxylic acids is 1. The van der Waals surface area contributed by atoms with Crippen molar-refractivity contribution in [1.82, 2.24) is 4.98 Å². The Morgan fingerprint density at radius 2 is 1.42 bits per heavy atom. The van der Waals surface area contributed by atoms with Gasteiger partial charge in [-0.1, -0.05) is 60.7 Å². The van der Waals surface area contributed by atoms with Gasteiger partial charge in [-0.25, -0.2) is 9.79 Å². The molecule has 0 unspecified atom stereocenters. The summed E-state index contributed by atoms with van der Waals surface area (Å²) in [5.74, 6) is 0.197. The molecule has 0 atom stereocenters. The second-order valence-electron chi connectivity index (χ2n) is 5.44. The summed E-state index contributed by atoms with van der Waals surface area (Å²) in [4.78, 5) is 21.0. The van der Waals surface area contributed by atoms with Crippen molar-refractivity contribution in [2.24, 2.45) is 4.99 Å². The van der Waals surface area contributed by atoms with Gasteiger partial charge in [0.05, 0.1) is 25.5 Å². The maximum absolute atomic E-state index is 11.9. The molecular formula is C21H18N2O3. The maximum atomic E-state index is 11.9. The highest BCUT2D eigenvalue weighted by Crippen LogP contribution is 2.22. The normalized spacial score (nSPS) is 10.1. The number of benzene rings is 2. The van der Waals surface area contributed by atoms with E-state index in [9.17, 15) is 4.79 Å². The van der Waals surface area contributed by atoms with E-state index in [0.29, 0.717) is 17.3 Å². The molecule has 5 nitrogen and oxygen atoms in total. The lowest BCUT2D eigenvalue weighted by Crippen LogP contribution is -2.05. The van der Waals surface area contributed by atoms with Crippen LogP contribution in [0.5, 0.6) is 5.88 Å². The van der Waals surface area contributed by atoms with Crippen molar-refractivity contribution in [1.29, 1.82) is 0 Å². The van der Waals surface area contributed by atoms with E-state index in [0.717, 1.165) is 16.8 Å². The van der Waals surface area contributed by atoms with Gasteiger partial charge in [0.1, 0.15) is 0 Å². The molecule has 0 saturated carbocycles. The van der Waals surface area contributed by atoms with Gasteiger partial charge >= 0.3 is 5.97 Å². The quantitative estimate of drug-likeness (QED) is 0.517. The predicted molar refractivity (Wildman–Crippen MR) is 100 cm³/mol. The minimum Gasteiger partial charge on any atom is -0.481 e. The van der Waals surface area contributed by atoms with Crippen LogP contribution in [0.25, 0.3) is 0 Å². The number of hydrogen-bond donors (Lipinski definition) is 0. The van der Waals surface area contributed by atoms with Crippen molar-refractivity contribution in [3.05, 3.63) is 89.5 Å². The lowest BCUT2D eigenvalue weighted by Gasteiger charge is -2.09. The fourth-order valence-corrected chi connectivity index (χ4v) is 2.49. The molecule has 0 aliphatic carbocycles. The molecule has 0 fully saturated rings. The summed E-state index contributed by atoms with van der Waals surface area (Å²) in [6, 6.07) is 22.7. The van der Waals surface area contributed by atoms with Crippen LogP contribution in [0, 0.1) is 0 Å². The number of pyridine rings is 1. The molecule has 2 aromatic carbocycles. The third-order valence-corrected chi connectivity index (χ3v) is 3.74. The minimum atomic E-state index is -0.469. The van der Waals surface area contributed by atoms with Gasteiger partial charge in [0, 0.05) is 17.2 Å². The number of esters is 1. The Morgan fingerprint density at radius 1 is 0.846 bits per heavy atom. The Kier molecular flexibility index (Phi) is 5.39. The van der Waals surface area contributed by atoms with E-state index in [2.05, 4.69) is 4.98 Å². The topological polar surface area (TPSA) is 60.8 Å². The fourth-order valence-electron chi connectivity index (χ4n) is 2.49. The maximum Gasteiger partial charge on any atom is 0.338 e. The number of carbonyl (C=O) groups is 1. The van der Waals surface area contributed by atoms with Crippen LogP contribution in [0.1, 0.15) is 21.5 Å². The molecule has 0 aliphatic heterocycles. The van der Waals surface area contributed by atoms with Gasteiger partial charge in [0.25, 0.3) is 0 Å². The molecule has 1 aromatic heterocycles. The van der Waals surface area contributed by atoms with Gasteiger partial charge in [0.2, 0.25) is 5.88 Å². The molecule has 0 N–H and O–H groups in total. The first kappa shape index (κ1) is 17.4. The molecule has 0 radical (unpaired) electrons. The first-order chi connectivity index (χ1) is 12.7. The van der Waals surface area contributed by atoms with Crippen LogP contribution in [0.15, 0.2) is 77.8 Å². The van der Waals surface area contributed by atoms with E-state index in [1.165, 1.54) is 20.3 Å². The number of hydrogen-bond acceptors (Lipinski definition) is 5. The number of aromatic nitrogens is 1. The third kappa shape index (κ3) is 3.95. The molecule has 130 valence electrons. The smallest absolute Gasteiger partial charge is 0.338 e. The minimum absolute atomic E-state index is 0.298. The molecule has 0 saturated heterocycles. The van der Waals surface area contributed by atoms with Gasteiger partial charge in [-0.05, 0) is 6.07 Å². The van der Waals surface area contributed by atoms with Gasteiger partial charge in [-0.15, -0.1) is 0 Å².